The summed E-state index contributed by atoms with van der Waals surface area (Å²) in [7, 11) is 2.92. The first-order valence-electron chi connectivity index (χ1n) is 9.77. The molecule has 0 atom stereocenters. The molecule has 8 nitrogen and oxygen atoms in total. The first-order valence-corrected chi connectivity index (χ1v) is 9.77. The van der Waals surface area contributed by atoms with Gasteiger partial charge >= 0.3 is 5.97 Å². The highest BCUT2D eigenvalue weighted by atomic mass is 16.5. The van der Waals surface area contributed by atoms with Crippen LogP contribution in [-0.2, 0) is 9.53 Å². The van der Waals surface area contributed by atoms with Gasteiger partial charge in [-0.3, -0.25) is 9.36 Å². The number of benzene rings is 2. The van der Waals surface area contributed by atoms with Crippen LogP contribution in [0.5, 0.6) is 11.5 Å². The molecule has 1 amide bonds. The lowest BCUT2D eigenvalue weighted by atomic mass is 10.2. The lowest BCUT2D eigenvalue weighted by Crippen LogP contribution is -2.23. The number of rotatable bonds is 7. The maximum Gasteiger partial charge on any atom is 0.342 e. The molecule has 3 rings (SSSR count). The van der Waals surface area contributed by atoms with Crippen molar-refractivity contribution in [3.63, 3.8) is 0 Å². The molecule has 164 valence electrons. The molecule has 3 aromatic rings. The number of nitrogens with zero attached hydrogens (tertiary/aromatic N) is 2. The molecule has 0 saturated carbocycles. The molecule has 0 aliphatic carbocycles. The number of ether oxygens (including phenoxy) is 3. The fourth-order valence-electron chi connectivity index (χ4n) is 3.30. The Balaban J connectivity index is 1.80. The normalized spacial score (nSPS) is 10.2. The van der Waals surface area contributed by atoms with Crippen LogP contribution in [0.15, 0.2) is 48.5 Å². The Hall–Kier alpha value is -4.25. The van der Waals surface area contributed by atoms with Gasteiger partial charge in [0.15, 0.2) is 6.61 Å². The van der Waals surface area contributed by atoms with Gasteiger partial charge in [0.05, 0.1) is 19.8 Å². The van der Waals surface area contributed by atoms with E-state index in [2.05, 4.69) is 11.4 Å². The topological polar surface area (TPSA) is 103 Å². The van der Waals surface area contributed by atoms with E-state index in [9.17, 15) is 14.9 Å². The summed E-state index contributed by atoms with van der Waals surface area (Å²) in [4.78, 5) is 25.1. The van der Waals surface area contributed by atoms with E-state index < -0.39 is 18.5 Å². The van der Waals surface area contributed by atoms with E-state index in [0.29, 0.717) is 17.1 Å². The lowest BCUT2D eigenvalue weighted by molar-refractivity contribution is -0.119. The molecule has 0 spiro atoms. The first-order chi connectivity index (χ1) is 15.4. The van der Waals surface area contributed by atoms with Crippen molar-refractivity contribution in [1.82, 2.24) is 4.57 Å². The highest BCUT2D eigenvalue weighted by Crippen LogP contribution is 2.30. The van der Waals surface area contributed by atoms with Crippen LogP contribution in [0.3, 0.4) is 0 Å². The maximum absolute atomic E-state index is 12.6. The molecule has 1 heterocycles. The van der Waals surface area contributed by atoms with Crippen molar-refractivity contribution in [3.8, 4) is 23.3 Å². The number of anilines is 1. The number of nitrogens with one attached hydrogen (secondary N) is 1. The fraction of sp³-hybridized carbons (Fsp3) is 0.208. The molecule has 32 heavy (non-hydrogen) atoms. The smallest absolute Gasteiger partial charge is 0.342 e. The number of carbonyl (C=O) groups excluding carboxylic acids is 2. The quantitative estimate of drug-likeness (QED) is 0.569. The van der Waals surface area contributed by atoms with Crippen molar-refractivity contribution < 1.29 is 23.8 Å². The number of nitriles is 1. The summed E-state index contributed by atoms with van der Waals surface area (Å²) in [6.07, 6.45) is 0. The van der Waals surface area contributed by atoms with E-state index in [4.69, 9.17) is 14.2 Å². The van der Waals surface area contributed by atoms with Gasteiger partial charge in [0.25, 0.3) is 5.91 Å². The summed E-state index contributed by atoms with van der Waals surface area (Å²) in [6.45, 7) is 3.16. The average molecular weight is 433 g/mol. The second-order valence-corrected chi connectivity index (χ2v) is 6.91. The number of para-hydroxylation sites is 1. The lowest BCUT2D eigenvalue weighted by Gasteiger charge is -2.14. The van der Waals surface area contributed by atoms with Gasteiger partial charge in [-0.1, -0.05) is 18.2 Å². The van der Waals surface area contributed by atoms with Gasteiger partial charge in [-0.15, -0.1) is 0 Å². The van der Waals surface area contributed by atoms with Crippen LogP contribution in [0.25, 0.3) is 5.69 Å². The molecule has 0 saturated heterocycles. The van der Waals surface area contributed by atoms with Crippen molar-refractivity contribution >= 4 is 17.7 Å². The van der Waals surface area contributed by atoms with Crippen LogP contribution >= 0.6 is 0 Å². The Labute approximate surface area is 185 Å². The van der Waals surface area contributed by atoms with Crippen molar-refractivity contribution in [2.24, 2.45) is 0 Å². The van der Waals surface area contributed by atoms with Crippen molar-refractivity contribution in [2.75, 3.05) is 26.1 Å². The van der Waals surface area contributed by atoms with Crippen LogP contribution in [0.4, 0.5) is 5.82 Å². The van der Waals surface area contributed by atoms with Gasteiger partial charge < -0.3 is 19.5 Å². The van der Waals surface area contributed by atoms with Gasteiger partial charge in [0, 0.05) is 17.4 Å². The molecule has 8 heteroatoms. The average Bonchev–Trinajstić information content (AvgIpc) is 3.06. The molecule has 1 aromatic heterocycles. The van der Waals surface area contributed by atoms with Gasteiger partial charge in [-0.2, -0.15) is 5.26 Å². The van der Waals surface area contributed by atoms with Crippen LogP contribution in [0.2, 0.25) is 0 Å². The van der Waals surface area contributed by atoms with Crippen LogP contribution in [0.1, 0.15) is 27.2 Å². The summed E-state index contributed by atoms with van der Waals surface area (Å²) in [6, 6.07) is 16.2. The van der Waals surface area contributed by atoms with E-state index >= 15 is 0 Å². The molecule has 0 aliphatic heterocycles. The number of hydrogen-bond donors (Lipinski definition) is 1. The molecular formula is C24H23N3O5. The maximum atomic E-state index is 12.6. The minimum Gasteiger partial charge on any atom is -0.497 e. The van der Waals surface area contributed by atoms with Gasteiger partial charge in [0.1, 0.15) is 28.9 Å². The third-order valence-corrected chi connectivity index (χ3v) is 5.06. The summed E-state index contributed by atoms with van der Waals surface area (Å²) < 4.78 is 17.3. The Morgan fingerprint density at radius 2 is 1.78 bits per heavy atom. The number of carbonyl (C=O) groups is 2. The summed E-state index contributed by atoms with van der Waals surface area (Å²) in [5.74, 6) is -0.168. The molecule has 2 aromatic carbocycles. The number of amides is 1. The van der Waals surface area contributed by atoms with Gasteiger partial charge in [0.2, 0.25) is 0 Å². The molecular weight excluding hydrogens is 410 g/mol. The van der Waals surface area contributed by atoms with E-state index in [0.717, 1.165) is 16.9 Å². The molecule has 0 radical (unpaired) electrons. The summed E-state index contributed by atoms with van der Waals surface area (Å²) in [5.41, 5.74) is 2.89. The monoisotopic (exact) mass is 433 g/mol. The molecule has 1 N–H and O–H groups in total. The van der Waals surface area contributed by atoms with Gasteiger partial charge in [-0.25, -0.2) is 4.79 Å². The predicted molar refractivity (Wildman–Crippen MR) is 118 cm³/mol. The minimum atomic E-state index is -0.717. The third-order valence-electron chi connectivity index (χ3n) is 5.06. The Morgan fingerprint density at radius 1 is 1.06 bits per heavy atom. The first kappa shape index (κ1) is 22.4. The third kappa shape index (κ3) is 4.42. The second kappa shape index (κ2) is 9.71. The number of methoxy groups -OCH3 is 2. The zero-order chi connectivity index (χ0) is 23.3. The fourth-order valence-corrected chi connectivity index (χ4v) is 3.30. The van der Waals surface area contributed by atoms with E-state index in [1.165, 1.54) is 20.3 Å². The number of hydrogen-bond acceptors (Lipinski definition) is 6. The second-order valence-electron chi connectivity index (χ2n) is 6.91. The minimum absolute atomic E-state index is 0.165. The molecule has 0 aliphatic rings. The van der Waals surface area contributed by atoms with Crippen molar-refractivity contribution in [2.45, 2.75) is 13.8 Å². The molecule has 0 bridgehead atoms. The Bertz CT molecular complexity index is 1190. The largest absolute Gasteiger partial charge is 0.497 e. The van der Waals surface area contributed by atoms with Crippen molar-refractivity contribution in [1.29, 1.82) is 5.26 Å². The summed E-state index contributed by atoms with van der Waals surface area (Å²) in [5, 5.41) is 12.4. The van der Waals surface area contributed by atoms with Gasteiger partial charge in [-0.05, 0) is 43.7 Å². The highest BCUT2D eigenvalue weighted by molar-refractivity contribution is 5.97. The number of aromatic nitrogens is 1. The zero-order valence-corrected chi connectivity index (χ0v) is 18.3. The standard InChI is InChI=1S/C24H23N3O5/c1-15-16(2)27(17-8-6-5-7-9-17)23(20(15)13-25)26-22(28)14-32-24(29)19-11-10-18(30-3)12-21(19)31-4/h5-12H,14H2,1-4H3,(H,26,28). The molecule has 0 fully saturated rings. The SMILES string of the molecule is COc1ccc(C(=O)OCC(=O)Nc2c(C#N)c(C)c(C)n2-c2ccccc2)c(OC)c1. The summed E-state index contributed by atoms with van der Waals surface area (Å²) >= 11 is 0. The van der Waals surface area contributed by atoms with Crippen LogP contribution in [-0.4, -0.2) is 37.3 Å². The van der Waals surface area contributed by atoms with Crippen LogP contribution in [0, 0.1) is 25.2 Å². The Morgan fingerprint density at radius 3 is 2.41 bits per heavy atom. The van der Waals surface area contributed by atoms with Crippen molar-refractivity contribution in [3.05, 3.63) is 70.9 Å². The van der Waals surface area contributed by atoms with E-state index in [-0.39, 0.29) is 11.3 Å². The zero-order valence-electron chi connectivity index (χ0n) is 18.3. The van der Waals surface area contributed by atoms with E-state index in [1.807, 2.05) is 44.2 Å². The number of esters is 1. The Kier molecular flexibility index (Phi) is 6.80. The highest BCUT2D eigenvalue weighted by Gasteiger charge is 2.22. The predicted octanol–water partition coefficient (Wildman–Crippen LogP) is 3.78. The molecule has 0 unspecified atom stereocenters. The van der Waals surface area contributed by atoms with E-state index in [1.54, 1.807) is 16.7 Å². The van der Waals surface area contributed by atoms with Crippen LogP contribution < -0.4 is 14.8 Å².